The fraction of sp³-hybridized carbons (Fsp3) is 0.769. The van der Waals surface area contributed by atoms with Gasteiger partial charge in [-0.25, -0.2) is 0 Å². The van der Waals surface area contributed by atoms with Crippen LogP contribution in [0.2, 0.25) is 0 Å². The monoisotopic (exact) mass is 268 g/mol. The maximum absolute atomic E-state index is 12.2. The van der Waals surface area contributed by atoms with Gasteiger partial charge in [0.15, 0.2) is 0 Å². The number of amides is 1. The van der Waals surface area contributed by atoms with Crippen LogP contribution in [0, 0.1) is 11.3 Å². The molecule has 1 rings (SSSR count). The smallest absolute Gasteiger partial charge is 0.304 e. The highest BCUT2D eigenvalue weighted by Crippen LogP contribution is 2.19. The third kappa shape index (κ3) is 4.21. The molecular weight excluding hydrogens is 248 g/mol. The lowest BCUT2D eigenvalue weighted by Crippen LogP contribution is -2.54. The van der Waals surface area contributed by atoms with E-state index in [1.807, 2.05) is 0 Å². The summed E-state index contributed by atoms with van der Waals surface area (Å²) in [5, 5.41) is 12.0. The number of carbonyl (C=O) groups excluding carboxylic acids is 2. The maximum Gasteiger partial charge on any atom is 0.304 e. The van der Waals surface area contributed by atoms with Gasteiger partial charge in [-0.05, 0) is 12.8 Å². The minimum atomic E-state index is -1.89. The molecule has 106 valence electrons. The Bertz CT molecular complexity index is 371. The summed E-state index contributed by atoms with van der Waals surface area (Å²) in [5.74, 6) is -1.28. The summed E-state index contributed by atoms with van der Waals surface area (Å²) in [5.41, 5.74) is -1.89. The van der Waals surface area contributed by atoms with Crippen LogP contribution in [0.4, 0.5) is 0 Å². The van der Waals surface area contributed by atoms with E-state index in [0.29, 0.717) is 0 Å². The lowest BCUT2D eigenvalue weighted by atomic mass is 9.94. The minimum Gasteiger partial charge on any atom is -0.431 e. The van der Waals surface area contributed by atoms with E-state index in [1.165, 1.54) is 7.11 Å². The van der Waals surface area contributed by atoms with Crippen LogP contribution in [0.25, 0.3) is 0 Å². The number of esters is 1. The van der Waals surface area contributed by atoms with Gasteiger partial charge in [-0.1, -0.05) is 19.3 Å². The molecule has 1 unspecified atom stereocenters. The SMILES string of the molecule is COCC(C#N)(OC(C)=O)C(=O)NC1CCCCC1. The fourth-order valence-electron chi connectivity index (χ4n) is 2.24. The van der Waals surface area contributed by atoms with E-state index in [9.17, 15) is 14.9 Å². The van der Waals surface area contributed by atoms with Gasteiger partial charge >= 0.3 is 5.97 Å². The average molecular weight is 268 g/mol. The molecular formula is C13H20N2O4. The summed E-state index contributed by atoms with van der Waals surface area (Å²) in [4.78, 5) is 23.3. The molecule has 0 aromatic carbocycles. The van der Waals surface area contributed by atoms with Crippen LogP contribution in [0.15, 0.2) is 0 Å². The van der Waals surface area contributed by atoms with E-state index in [-0.39, 0.29) is 12.6 Å². The van der Waals surface area contributed by atoms with Crippen molar-refractivity contribution in [3.8, 4) is 6.07 Å². The summed E-state index contributed by atoms with van der Waals surface area (Å²) < 4.78 is 9.74. The predicted octanol–water partition coefficient (Wildman–Crippen LogP) is 0.907. The molecule has 0 spiro atoms. The quantitative estimate of drug-likeness (QED) is 0.749. The van der Waals surface area contributed by atoms with Crippen LogP contribution in [0.1, 0.15) is 39.0 Å². The van der Waals surface area contributed by atoms with E-state index in [4.69, 9.17) is 9.47 Å². The first kappa shape index (κ1) is 15.4. The molecule has 0 aliphatic heterocycles. The Balaban J connectivity index is 2.75. The highest BCUT2D eigenvalue weighted by Gasteiger charge is 2.43. The van der Waals surface area contributed by atoms with Gasteiger partial charge in [-0.2, -0.15) is 5.26 Å². The highest BCUT2D eigenvalue weighted by molar-refractivity contribution is 5.91. The second-order valence-electron chi connectivity index (χ2n) is 4.77. The van der Waals surface area contributed by atoms with E-state index < -0.39 is 17.5 Å². The van der Waals surface area contributed by atoms with Crippen molar-refractivity contribution >= 4 is 11.9 Å². The number of rotatable bonds is 5. The molecule has 0 aromatic rings. The van der Waals surface area contributed by atoms with Crippen LogP contribution in [-0.2, 0) is 19.1 Å². The van der Waals surface area contributed by atoms with Crippen molar-refractivity contribution in [1.29, 1.82) is 5.26 Å². The maximum atomic E-state index is 12.2. The minimum absolute atomic E-state index is 0.0430. The Morgan fingerprint density at radius 3 is 2.47 bits per heavy atom. The summed E-state index contributed by atoms with van der Waals surface area (Å²) >= 11 is 0. The third-order valence-electron chi connectivity index (χ3n) is 3.15. The standard InChI is InChI=1S/C13H20N2O4/c1-10(16)19-13(8-14,9-18-2)12(17)15-11-6-4-3-5-7-11/h11H,3-7,9H2,1-2H3,(H,15,17). The van der Waals surface area contributed by atoms with Crippen molar-refractivity contribution in [2.45, 2.75) is 50.7 Å². The molecule has 1 aliphatic carbocycles. The van der Waals surface area contributed by atoms with Gasteiger partial charge in [0.1, 0.15) is 12.7 Å². The highest BCUT2D eigenvalue weighted by atomic mass is 16.6. The molecule has 1 atom stereocenters. The van der Waals surface area contributed by atoms with Crippen LogP contribution in [0.5, 0.6) is 0 Å². The van der Waals surface area contributed by atoms with Gasteiger partial charge in [-0.3, -0.25) is 9.59 Å². The molecule has 0 heterocycles. The van der Waals surface area contributed by atoms with Crippen LogP contribution in [0.3, 0.4) is 0 Å². The van der Waals surface area contributed by atoms with Crippen molar-refractivity contribution in [3.63, 3.8) is 0 Å². The molecule has 19 heavy (non-hydrogen) atoms. The van der Waals surface area contributed by atoms with Crippen LogP contribution in [-0.4, -0.2) is 37.2 Å². The van der Waals surface area contributed by atoms with E-state index in [1.54, 1.807) is 6.07 Å². The zero-order valence-electron chi connectivity index (χ0n) is 11.4. The number of methoxy groups -OCH3 is 1. The van der Waals surface area contributed by atoms with E-state index in [0.717, 1.165) is 39.0 Å². The van der Waals surface area contributed by atoms with Gasteiger partial charge in [0.05, 0.1) is 0 Å². The first-order valence-corrected chi connectivity index (χ1v) is 6.45. The molecule has 0 saturated heterocycles. The molecule has 6 nitrogen and oxygen atoms in total. The van der Waals surface area contributed by atoms with Crippen molar-refractivity contribution in [1.82, 2.24) is 5.32 Å². The largest absolute Gasteiger partial charge is 0.431 e. The Hall–Kier alpha value is -1.61. The zero-order valence-corrected chi connectivity index (χ0v) is 11.4. The number of nitrogens with one attached hydrogen (secondary N) is 1. The first-order chi connectivity index (χ1) is 9.04. The normalized spacial score (nSPS) is 19.0. The average Bonchev–Trinajstić information content (AvgIpc) is 2.38. The lowest BCUT2D eigenvalue weighted by molar-refractivity contribution is -0.165. The van der Waals surface area contributed by atoms with E-state index >= 15 is 0 Å². The molecule has 1 amide bonds. The Morgan fingerprint density at radius 1 is 1.37 bits per heavy atom. The summed E-state index contributed by atoms with van der Waals surface area (Å²) in [7, 11) is 1.35. The summed E-state index contributed by atoms with van der Waals surface area (Å²) in [6.07, 6.45) is 5.06. The second kappa shape index (κ2) is 7.10. The third-order valence-corrected chi connectivity index (χ3v) is 3.15. The van der Waals surface area contributed by atoms with Gasteiger partial charge in [0.25, 0.3) is 11.5 Å². The lowest BCUT2D eigenvalue weighted by Gasteiger charge is -2.29. The van der Waals surface area contributed by atoms with Crippen LogP contribution < -0.4 is 5.32 Å². The molecule has 1 N–H and O–H groups in total. The zero-order chi connectivity index (χ0) is 14.3. The molecule has 1 fully saturated rings. The fourth-order valence-corrected chi connectivity index (χ4v) is 2.24. The molecule has 6 heteroatoms. The number of carbonyl (C=O) groups is 2. The molecule has 0 aromatic heterocycles. The molecule has 0 bridgehead atoms. The topological polar surface area (TPSA) is 88.4 Å². The van der Waals surface area contributed by atoms with Gasteiger partial charge in [0.2, 0.25) is 0 Å². The van der Waals surface area contributed by atoms with Gasteiger partial charge < -0.3 is 14.8 Å². The Kier molecular flexibility index (Phi) is 5.77. The predicted molar refractivity (Wildman–Crippen MR) is 67.0 cm³/mol. The number of nitriles is 1. The molecule has 0 radical (unpaired) electrons. The molecule has 1 aliphatic rings. The van der Waals surface area contributed by atoms with E-state index in [2.05, 4.69) is 5.32 Å². The second-order valence-corrected chi connectivity index (χ2v) is 4.77. The van der Waals surface area contributed by atoms with Crippen molar-refractivity contribution in [2.24, 2.45) is 0 Å². The van der Waals surface area contributed by atoms with Crippen molar-refractivity contribution in [2.75, 3.05) is 13.7 Å². The number of hydrogen-bond acceptors (Lipinski definition) is 5. The number of nitrogens with zero attached hydrogens (tertiary/aromatic N) is 1. The Morgan fingerprint density at radius 2 is 2.00 bits per heavy atom. The molecule has 1 saturated carbocycles. The van der Waals surface area contributed by atoms with Crippen LogP contribution >= 0.6 is 0 Å². The van der Waals surface area contributed by atoms with Crippen molar-refractivity contribution in [3.05, 3.63) is 0 Å². The summed E-state index contributed by atoms with van der Waals surface area (Å²) in [6.45, 7) is 0.886. The number of hydrogen-bond donors (Lipinski definition) is 1. The summed E-state index contributed by atoms with van der Waals surface area (Å²) in [6, 6.07) is 1.80. The van der Waals surface area contributed by atoms with Gasteiger partial charge in [-0.15, -0.1) is 0 Å². The van der Waals surface area contributed by atoms with Crippen molar-refractivity contribution < 1.29 is 19.1 Å². The number of ether oxygens (including phenoxy) is 2. The van der Waals surface area contributed by atoms with Gasteiger partial charge in [0, 0.05) is 20.1 Å². The Labute approximate surface area is 113 Å². The first-order valence-electron chi connectivity index (χ1n) is 6.45.